The summed E-state index contributed by atoms with van der Waals surface area (Å²) >= 11 is 0. The molecule has 0 aliphatic rings. The van der Waals surface area contributed by atoms with E-state index in [-0.39, 0.29) is 11.6 Å². The molecule has 22 heavy (non-hydrogen) atoms. The van der Waals surface area contributed by atoms with Gasteiger partial charge in [-0.2, -0.15) is 0 Å². The molecule has 2 aromatic carbocycles. The minimum Gasteiger partial charge on any atom is -0.348 e. The fraction of sp³-hybridized carbons (Fsp3) is 0.118. The zero-order valence-corrected chi connectivity index (χ0v) is 12.2. The lowest BCUT2D eigenvalue weighted by atomic mass is 10.1. The third-order valence-electron chi connectivity index (χ3n) is 3.25. The van der Waals surface area contributed by atoms with E-state index >= 15 is 0 Å². The molecule has 0 radical (unpaired) electrons. The number of nitro benzene ring substituents is 1. The van der Waals surface area contributed by atoms with Crippen molar-refractivity contribution in [2.24, 2.45) is 0 Å². The quantitative estimate of drug-likeness (QED) is 0.523. The number of hydrogen-bond donors (Lipinski definition) is 1. The number of rotatable bonds is 5. The molecule has 2 aromatic rings. The minimum atomic E-state index is -0.456. The molecule has 0 saturated carbocycles. The summed E-state index contributed by atoms with van der Waals surface area (Å²) in [6.07, 6.45) is 3.04. The second-order valence-electron chi connectivity index (χ2n) is 4.83. The predicted octanol–water partition coefficient (Wildman–Crippen LogP) is 3.23. The Balaban J connectivity index is 1.91. The highest BCUT2D eigenvalue weighted by molar-refractivity contribution is 5.91. The number of aryl methyl sites for hydroxylation is 1. The van der Waals surface area contributed by atoms with E-state index in [4.69, 9.17) is 0 Å². The summed E-state index contributed by atoms with van der Waals surface area (Å²) in [7, 11) is 0. The maximum absolute atomic E-state index is 11.8. The summed E-state index contributed by atoms with van der Waals surface area (Å²) in [6, 6.07) is 13.9. The number of nitrogens with zero attached hydrogens (tertiary/aromatic N) is 1. The number of non-ortho nitro benzene ring substituents is 1. The third-order valence-corrected chi connectivity index (χ3v) is 3.25. The monoisotopic (exact) mass is 296 g/mol. The van der Waals surface area contributed by atoms with Gasteiger partial charge in [0.15, 0.2) is 0 Å². The van der Waals surface area contributed by atoms with E-state index in [0.29, 0.717) is 6.54 Å². The number of benzene rings is 2. The Kier molecular flexibility index (Phi) is 5.03. The SMILES string of the molecule is Cc1ccccc1CNC(=O)/C=C/c1ccc([N+](=O)[O-])cc1. The van der Waals surface area contributed by atoms with Crippen LogP contribution in [0.3, 0.4) is 0 Å². The second-order valence-corrected chi connectivity index (χ2v) is 4.83. The van der Waals surface area contributed by atoms with Crippen molar-refractivity contribution >= 4 is 17.7 Å². The van der Waals surface area contributed by atoms with E-state index in [2.05, 4.69) is 5.32 Å². The van der Waals surface area contributed by atoms with Crippen LogP contribution in [0.4, 0.5) is 5.69 Å². The highest BCUT2D eigenvalue weighted by Gasteiger charge is 2.03. The Hall–Kier alpha value is -2.95. The zero-order chi connectivity index (χ0) is 15.9. The first-order valence-electron chi connectivity index (χ1n) is 6.81. The molecule has 1 N–H and O–H groups in total. The van der Waals surface area contributed by atoms with Gasteiger partial charge in [-0.1, -0.05) is 24.3 Å². The molecule has 0 heterocycles. The summed E-state index contributed by atoms with van der Waals surface area (Å²) < 4.78 is 0. The van der Waals surface area contributed by atoms with Gasteiger partial charge in [0.1, 0.15) is 0 Å². The van der Waals surface area contributed by atoms with Crippen molar-refractivity contribution in [1.29, 1.82) is 0 Å². The van der Waals surface area contributed by atoms with Gasteiger partial charge in [0.25, 0.3) is 5.69 Å². The van der Waals surface area contributed by atoms with Crippen LogP contribution in [0.15, 0.2) is 54.6 Å². The number of amides is 1. The molecular formula is C17H16N2O3. The topological polar surface area (TPSA) is 72.2 Å². The molecule has 5 heteroatoms. The number of hydrogen-bond acceptors (Lipinski definition) is 3. The molecule has 112 valence electrons. The maximum Gasteiger partial charge on any atom is 0.269 e. The van der Waals surface area contributed by atoms with Crippen LogP contribution in [0.1, 0.15) is 16.7 Å². The third kappa shape index (κ3) is 4.28. The Morgan fingerprint density at radius 2 is 1.86 bits per heavy atom. The summed E-state index contributed by atoms with van der Waals surface area (Å²) in [6.45, 7) is 2.46. The lowest BCUT2D eigenvalue weighted by Gasteiger charge is -2.05. The normalized spacial score (nSPS) is 10.6. The highest BCUT2D eigenvalue weighted by Crippen LogP contribution is 2.12. The van der Waals surface area contributed by atoms with Gasteiger partial charge in [-0.3, -0.25) is 14.9 Å². The fourth-order valence-electron chi connectivity index (χ4n) is 1.93. The summed E-state index contributed by atoms with van der Waals surface area (Å²) in [5.74, 6) is -0.207. The van der Waals surface area contributed by atoms with Crippen LogP contribution in [0.25, 0.3) is 6.08 Å². The van der Waals surface area contributed by atoms with E-state index in [1.54, 1.807) is 18.2 Å². The molecule has 0 fully saturated rings. The molecule has 0 aliphatic carbocycles. The molecule has 1 amide bonds. The number of nitrogens with one attached hydrogen (secondary N) is 1. The number of carbonyl (C=O) groups excluding carboxylic acids is 1. The van der Waals surface area contributed by atoms with E-state index in [1.165, 1.54) is 18.2 Å². The van der Waals surface area contributed by atoms with Crippen molar-refractivity contribution < 1.29 is 9.72 Å². The number of carbonyl (C=O) groups is 1. The average molecular weight is 296 g/mol. The van der Waals surface area contributed by atoms with Crippen LogP contribution in [0, 0.1) is 17.0 Å². The number of nitro groups is 1. The molecule has 0 unspecified atom stereocenters. The molecule has 0 saturated heterocycles. The molecule has 0 spiro atoms. The molecule has 0 atom stereocenters. The van der Waals surface area contributed by atoms with Gasteiger partial charge in [0.05, 0.1) is 4.92 Å². The van der Waals surface area contributed by atoms with Crippen LogP contribution in [0.5, 0.6) is 0 Å². The van der Waals surface area contributed by atoms with E-state index in [1.807, 2.05) is 31.2 Å². The smallest absolute Gasteiger partial charge is 0.269 e. The molecule has 0 aromatic heterocycles. The maximum atomic E-state index is 11.8. The van der Waals surface area contributed by atoms with Gasteiger partial charge in [-0.05, 0) is 41.8 Å². The van der Waals surface area contributed by atoms with Crippen molar-refractivity contribution in [2.45, 2.75) is 13.5 Å². The fourth-order valence-corrected chi connectivity index (χ4v) is 1.93. The largest absolute Gasteiger partial charge is 0.348 e. The predicted molar refractivity (Wildman–Crippen MR) is 85.2 cm³/mol. The summed E-state index contributed by atoms with van der Waals surface area (Å²) in [5.41, 5.74) is 2.96. The molecule has 5 nitrogen and oxygen atoms in total. The van der Waals surface area contributed by atoms with E-state index in [9.17, 15) is 14.9 Å². The highest BCUT2D eigenvalue weighted by atomic mass is 16.6. The Morgan fingerprint density at radius 3 is 2.50 bits per heavy atom. The molecule has 2 rings (SSSR count). The van der Waals surface area contributed by atoms with Crippen molar-refractivity contribution in [3.63, 3.8) is 0 Å². The van der Waals surface area contributed by atoms with Gasteiger partial charge in [0.2, 0.25) is 5.91 Å². The zero-order valence-electron chi connectivity index (χ0n) is 12.2. The molecule has 0 aliphatic heterocycles. The van der Waals surface area contributed by atoms with Crippen molar-refractivity contribution in [1.82, 2.24) is 5.32 Å². The summed E-state index contributed by atoms with van der Waals surface area (Å²) in [4.78, 5) is 21.9. The Morgan fingerprint density at radius 1 is 1.18 bits per heavy atom. The van der Waals surface area contributed by atoms with E-state index < -0.39 is 4.92 Å². The van der Waals surface area contributed by atoms with Gasteiger partial charge >= 0.3 is 0 Å². The lowest BCUT2D eigenvalue weighted by Crippen LogP contribution is -2.20. The van der Waals surface area contributed by atoms with Crippen LogP contribution in [-0.4, -0.2) is 10.8 Å². The minimum absolute atomic E-state index is 0.0288. The van der Waals surface area contributed by atoms with Crippen molar-refractivity contribution in [3.8, 4) is 0 Å². The molecular weight excluding hydrogens is 280 g/mol. The summed E-state index contributed by atoms with van der Waals surface area (Å²) in [5, 5.41) is 13.4. The Bertz CT molecular complexity index is 706. The second kappa shape index (κ2) is 7.17. The van der Waals surface area contributed by atoms with E-state index in [0.717, 1.165) is 16.7 Å². The van der Waals surface area contributed by atoms with Gasteiger partial charge in [0, 0.05) is 24.8 Å². The van der Waals surface area contributed by atoms with Crippen molar-refractivity contribution in [3.05, 3.63) is 81.4 Å². The first-order chi connectivity index (χ1) is 10.6. The Labute approximate surface area is 128 Å². The van der Waals surface area contributed by atoms with Crippen LogP contribution in [-0.2, 0) is 11.3 Å². The van der Waals surface area contributed by atoms with Crippen LogP contribution >= 0.6 is 0 Å². The van der Waals surface area contributed by atoms with Gasteiger partial charge in [-0.15, -0.1) is 0 Å². The first-order valence-corrected chi connectivity index (χ1v) is 6.81. The van der Waals surface area contributed by atoms with Crippen molar-refractivity contribution in [2.75, 3.05) is 0 Å². The van der Waals surface area contributed by atoms with Gasteiger partial charge < -0.3 is 5.32 Å². The first kappa shape index (κ1) is 15.4. The molecule has 0 bridgehead atoms. The van der Waals surface area contributed by atoms with Crippen LogP contribution < -0.4 is 5.32 Å². The lowest BCUT2D eigenvalue weighted by molar-refractivity contribution is -0.384. The van der Waals surface area contributed by atoms with Gasteiger partial charge in [-0.25, -0.2) is 0 Å². The van der Waals surface area contributed by atoms with Crippen LogP contribution in [0.2, 0.25) is 0 Å². The standard InChI is InChI=1S/C17H16N2O3/c1-13-4-2-3-5-15(13)12-18-17(20)11-8-14-6-9-16(10-7-14)19(21)22/h2-11H,12H2,1H3,(H,18,20)/b11-8+. The average Bonchev–Trinajstić information content (AvgIpc) is 2.52.